The summed E-state index contributed by atoms with van der Waals surface area (Å²) in [5.74, 6) is 2.45. The van der Waals surface area contributed by atoms with Crippen molar-refractivity contribution in [1.82, 2.24) is 0 Å². The number of nitriles is 1. The van der Waals surface area contributed by atoms with Crippen LogP contribution < -0.4 is 0 Å². The molecule has 15 heavy (non-hydrogen) atoms. The molecule has 3 heterocycles. The third kappa shape index (κ3) is 1.30. The van der Waals surface area contributed by atoms with Crippen molar-refractivity contribution in [1.29, 1.82) is 5.26 Å². The maximum atomic E-state index is 9.22. The second kappa shape index (κ2) is 3.44. The van der Waals surface area contributed by atoms with Crippen LogP contribution in [0.5, 0.6) is 0 Å². The number of thioether (sulfide) groups is 2. The highest BCUT2D eigenvalue weighted by atomic mass is 32.2. The lowest BCUT2D eigenvalue weighted by atomic mass is 9.82. The van der Waals surface area contributed by atoms with Gasteiger partial charge in [-0.15, -0.1) is 23.5 Å². The zero-order valence-electron chi connectivity index (χ0n) is 8.60. The highest BCUT2D eigenvalue weighted by Gasteiger charge is 2.57. The first-order chi connectivity index (χ1) is 7.26. The molecule has 3 aliphatic rings. The standard InChI is InChI=1S/C11H13NOS2/c1-7-5-11(10-14-2-3-15-10)8(6-12)4-9(7)13-11/h5,8-10H,2-4H2,1H3/t8-,9-,11+/m0/s1. The van der Waals surface area contributed by atoms with Gasteiger partial charge in [0.25, 0.3) is 0 Å². The summed E-state index contributed by atoms with van der Waals surface area (Å²) in [6.07, 6.45) is 3.35. The number of rotatable bonds is 1. The third-order valence-corrected chi connectivity index (χ3v) is 6.74. The molecule has 2 nitrogen and oxygen atoms in total. The summed E-state index contributed by atoms with van der Waals surface area (Å²) in [5.41, 5.74) is 1.06. The molecule has 0 aromatic heterocycles. The van der Waals surface area contributed by atoms with Crippen molar-refractivity contribution in [2.45, 2.75) is 29.6 Å². The minimum atomic E-state index is -0.269. The van der Waals surface area contributed by atoms with Crippen LogP contribution in [0.15, 0.2) is 11.6 Å². The van der Waals surface area contributed by atoms with Gasteiger partial charge in [0.1, 0.15) is 5.60 Å². The van der Waals surface area contributed by atoms with Crippen molar-refractivity contribution in [3.05, 3.63) is 11.6 Å². The maximum Gasteiger partial charge on any atom is 0.124 e. The van der Waals surface area contributed by atoms with Crippen LogP contribution >= 0.6 is 23.5 Å². The van der Waals surface area contributed by atoms with Crippen molar-refractivity contribution >= 4 is 23.5 Å². The normalized spacial score (nSPS) is 44.4. The van der Waals surface area contributed by atoms with E-state index >= 15 is 0 Å². The first kappa shape index (κ1) is 10.1. The molecule has 3 rings (SSSR count). The third-order valence-electron chi connectivity index (χ3n) is 3.45. The zero-order chi connectivity index (χ0) is 10.5. The lowest BCUT2D eigenvalue weighted by Crippen LogP contribution is -2.39. The Morgan fingerprint density at radius 1 is 1.53 bits per heavy atom. The van der Waals surface area contributed by atoms with Crippen molar-refractivity contribution in [3.63, 3.8) is 0 Å². The van der Waals surface area contributed by atoms with Crippen LogP contribution in [0, 0.1) is 17.2 Å². The van der Waals surface area contributed by atoms with Crippen molar-refractivity contribution in [3.8, 4) is 6.07 Å². The number of hydrogen-bond donors (Lipinski definition) is 0. The average molecular weight is 239 g/mol. The fourth-order valence-electron chi connectivity index (χ4n) is 2.70. The highest BCUT2D eigenvalue weighted by molar-refractivity contribution is 8.20. The first-order valence-corrected chi connectivity index (χ1v) is 7.36. The van der Waals surface area contributed by atoms with E-state index in [1.54, 1.807) is 0 Å². The van der Waals surface area contributed by atoms with E-state index in [-0.39, 0.29) is 17.6 Å². The summed E-state index contributed by atoms with van der Waals surface area (Å²) in [6, 6.07) is 2.44. The summed E-state index contributed by atoms with van der Waals surface area (Å²) in [5, 5.41) is 9.22. The average Bonchev–Trinajstić information content (AvgIpc) is 2.90. The highest BCUT2D eigenvalue weighted by Crippen LogP contribution is 2.55. The second-order valence-corrected chi connectivity index (χ2v) is 7.06. The number of nitrogens with zero attached hydrogens (tertiary/aromatic N) is 1. The Bertz CT molecular complexity index is 356. The molecule has 0 N–H and O–H groups in total. The number of fused-ring (bicyclic) bond motifs is 2. The molecule has 0 saturated carbocycles. The smallest absolute Gasteiger partial charge is 0.124 e. The van der Waals surface area contributed by atoms with E-state index < -0.39 is 0 Å². The first-order valence-electron chi connectivity index (χ1n) is 5.26. The molecule has 0 spiro atoms. The van der Waals surface area contributed by atoms with Crippen molar-refractivity contribution in [2.24, 2.45) is 5.92 Å². The number of hydrogen-bond acceptors (Lipinski definition) is 4. The predicted octanol–water partition coefficient (Wildman–Crippen LogP) is 2.42. The summed E-state index contributed by atoms with van der Waals surface area (Å²) in [7, 11) is 0. The topological polar surface area (TPSA) is 33.0 Å². The molecule has 2 fully saturated rings. The molecule has 0 aliphatic carbocycles. The molecule has 3 atom stereocenters. The fraction of sp³-hybridized carbons (Fsp3) is 0.727. The van der Waals surface area contributed by atoms with Gasteiger partial charge in [0, 0.05) is 11.5 Å². The monoisotopic (exact) mass is 239 g/mol. The fourth-order valence-corrected chi connectivity index (χ4v) is 5.95. The Hall–Kier alpha value is -0.110. The van der Waals surface area contributed by atoms with Gasteiger partial charge in [0.05, 0.1) is 22.7 Å². The largest absolute Gasteiger partial charge is 0.360 e. The molecule has 2 saturated heterocycles. The molecule has 0 amide bonds. The van der Waals surface area contributed by atoms with Crippen LogP contribution in [0.2, 0.25) is 0 Å². The lowest BCUT2D eigenvalue weighted by Gasteiger charge is -2.31. The van der Waals surface area contributed by atoms with E-state index in [0.29, 0.717) is 4.58 Å². The van der Waals surface area contributed by atoms with E-state index in [9.17, 15) is 5.26 Å². The van der Waals surface area contributed by atoms with Gasteiger partial charge in [-0.1, -0.05) is 0 Å². The molecule has 0 aromatic carbocycles. The van der Waals surface area contributed by atoms with Crippen LogP contribution in [0.1, 0.15) is 13.3 Å². The van der Waals surface area contributed by atoms with Gasteiger partial charge in [0.2, 0.25) is 0 Å². The van der Waals surface area contributed by atoms with E-state index in [2.05, 4.69) is 19.1 Å². The molecule has 0 aromatic rings. The van der Waals surface area contributed by atoms with E-state index in [1.165, 1.54) is 17.1 Å². The van der Waals surface area contributed by atoms with Crippen LogP contribution in [0.4, 0.5) is 0 Å². The van der Waals surface area contributed by atoms with Gasteiger partial charge >= 0.3 is 0 Å². The summed E-state index contributed by atoms with van der Waals surface area (Å²) in [4.78, 5) is 0. The van der Waals surface area contributed by atoms with Crippen molar-refractivity contribution in [2.75, 3.05) is 11.5 Å². The van der Waals surface area contributed by atoms with Crippen LogP contribution in [0.3, 0.4) is 0 Å². The molecule has 4 heteroatoms. The quantitative estimate of drug-likeness (QED) is 0.658. The van der Waals surface area contributed by atoms with Gasteiger partial charge in [0.15, 0.2) is 0 Å². The SMILES string of the molecule is CC1=C[C@@]2(C3SCCS3)O[C@H]1C[C@H]2C#N. The Morgan fingerprint density at radius 3 is 2.87 bits per heavy atom. The van der Waals surface area contributed by atoms with E-state index in [1.807, 2.05) is 23.5 Å². The number of ether oxygens (including phenoxy) is 1. The minimum absolute atomic E-state index is 0.0642. The molecular weight excluding hydrogens is 226 g/mol. The molecule has 0 unspecified atom stereocenters. The lowest BCUT2D eigenvalue weighted by molar-refractivity contribution is 0.0323. The summed E-state index contributed by atoms with van der Waals surface area (Å²) >= 11 is 3.91. The van der Waals surface area contributed by atoms with Gasteiger partial charge in [-0.05, 0) is 25.0 Å². The van der Waals surface area contributed by atoms with Gasteiger partial charge in [-0.25, -0.2) is 0 Å². The van der Waals surface area contributed by atoms with Gasteiger partial charge in [-0.3, -0.25) is 0 Å². The molecule has 80 valence electrons. The zero-order valence-corrected chi connectivity index (χ0v) is 10.2. The Morgan fingerprint density at radius 2 is 2.27 bits per heavy atom. The summed E-state index contributed by atoms with van der Waals surface area (Å²) in [6.45, 7) is 2.13. The Balaban J connectivity index is 1.97. The second-order valence-electron chi connectivity index (χ2n) is 4.34. The van der Waals surface area contributed by atoms with E-state index in [0.717, 1.165) is 6.42 Å². The van der Waals surface area contributed by atoms with Crippen LogP contribution in [-0.2, 0) is 4.74 Å². The predicted molar refractivity (Wildman–Crippen MR) is 63.8 cm³/mol. The maximum absolute atomic E-state index is 9.22. The molecule has 3 aliphatic heterocycles. The van der Waals surface area contributed by atoms with Gasteiger partial charge in [-0.2, -0.15) is 5.26 Å². The van der Waals surface area contributed by atoms with Crippen LogP contribution in [0.25, 0.3) is 0 Å². The van der Waals surface area contributed by atoms with Gasteiger partial charge < -0.3 is 4.74 Å². The Labute approximate surface area is 98.4 Å². The van der Waals surface area contributed by atoms with Crippen LogP contribution in [-0.4, -0.2) is 27.8 Å². The van der Waals surface area contributed by atoms with Crippen molar-refractivity contribution < 1.29 is 4.74 Å². The molecular formula is C11H13NOS2. The minimum Gasteiger partial charge on any atom is -0.360 e. The summed E-state index contributed by atoms with van der Waals surface area (Å²) < 4.78 is 6.54. The Kier molecular flexibility index (Phi) is 2.31. The van der Waals surface area contributed by atoms with E-state index in [4.69, 9.17) is 4.74 Å². The molecule has 0 radical (unpaired) electrons. The molecule has 2 bridgehead atoms.